The fourth-order valence-corrected chi connectivity index (χ4v) is 11.3. The molecule has 19 nitrogen and oxygen atoms in total. The summed E-state index contributed by atoms with van der Waals surface area (Å²) < 4.78 is 29.8. The summed E-state index contributed by atoms with van der Waals surface area (Å²) in [5.74, 6) is 0.541. The largest absolute Gasteiger partial charge is 0.465 e. The quantitative estimate of drug-likeness (QED) is 0.0433. The first-order valence-corrected chi connectivity index (χ1v) is 27.3. The molecule has 3 aromatic carbocycles. The number of rotatable bonds is 21. The lowest BCUT2D eigenvalue weighted by atomic mass is 9.87. The molecule has 5 heterocycles. The minimum absolute atomic E-state index is 0.0753. The number of likely N-dealkylation sites (tertiary alicyclic amines) is 2. The molecule has 3 aliphatic heterocycles. The zero-order valence-electron chi connectivity index (χ0n) is 46.8. The Morgan fingerprint density at radius 2 is 1.08 bits per heavy atom. The molecule has 0 spiro atoms. The van der Waals surface area contributed by atoms with Gasteiger partial charge < -0.3 is 64.1 Å². The van der Waals surface area contributed by atoms with E-state index in [1.807, 2.05) is 38.8 Å². The Morgan fingerprint density at radius 3 is 1.46 bits per heavy atom. The number of ether oxygens (including phenoxy) is 5. The number of hydrogen-bond donors (Lipinski definition) is 5. The van der Waals surface area contributed by atoms with E-state index in [-0.39, 0.29) is 53.2 Å². The third-order valence-electron chi connectivity index (χ3n) is 15.4. The normalized spacial score (nSPS) is 21.4. The number of nitrogens with one attached hydrogen (secondary N) is 4. The first-order valence-electron chi connectivity index (χ1n) is 27.3. The van der Waals surface area contributed by atoms with E-state index in [9.17, 15) is 24.3 Å². The van der Waals surface area contributed by atoms with Crippen LogP contribution in [0.3, 0.4) is 0 Å². The molecule has 0 unspecified atom stereocenters. The van der Waals surface area contributed by atoms with Crippen molar-refractivity contribution in [2.24, 2.45) is 11.8 Å². The monoisotopic (exact) mass is 1070 g/mol. The van der Waals surface area contributed by atoms with E-state index < -0.39 is 36.5 Å². The second-order valence-corrected chi connectivity index (χ2v) is 22.3. The Kier molecular flexibility index (Phi) is 18.6. The number of imidazole rings is 2. The minimum atomic E-state index is -1.23. The summed E-state index contributed by atoms with van der Waals surface area (Å²) in [4.78, 5) is 74.1. The van der Waals surface area contributed by atoms with Crippen LogP contribution in [0.2, 0.25) is 0 Å². The molecule has 8 atom stereocenters. The van der Waals surface area contributed by atoms with Gasteiger partial charge in [0.1, 0.15) is 35.9 Å². The molecule has 3 aliphatic rings. The van der Waals surface area contributed by atoms with E-state index in [0.29, 0.717) is 57.6 Å². The Bertz CT molecular complexity index is 2790. The van der Waals surface area contributed by atoms with Gasteiger partial charge in [-0.3, -0.25) is 9.59 Å². The molecular weight excluding hydrogens is 995 g/mol. The maximum atomic E-state index is 13.9. The second-order valence-electron chi connectivity index (χ2n) is 22.3. The fraction of sp³-hybridized carbons (Fsp3) is 0.525. The van der Waals surface area contributed by atoms with Crippen molar-refractivity contribution in [3.63, 3.8) is 0 Å². The van der Waals surface area contributed by atoms with Gasteiger partial charge in [0.05, 0.1) is 81.5 Å². The van der Waals surface area contributed by atoms with Gasteiger partial charge in [0.25, 0.3) is 0 Å². The fourth-order valence-electron chi connectivity index (χ4n) is 11.3. The SMILES string of the molecule is COCCO[C@H]1[C@H](OCCOC)[C@H](c2ccc(-c3cnc([C@@H]4CCCN4C(=O)[C@@H](NC(=O)OC)C(C)C)[nH]3)cc2)N(c2ccc(C(C)(C)C)cc2)[C@H]1c1ccc(-c2cnc([C@@H]3CCCN3C(=O)[C@@H](NC(=O)O)C(C)C)[nH]2)cc1. The molecule has 0 bridgehead atoms. The number of aromatic nitrogens is 4. The van der Waals surface area contributed by atoms with Crippen molar-refractivity contribution in [3.05, 3.63) is 114 Å². The lowest BCUT2D eigenvalue weighted by Gasteiger charge is -2.34. The average molecular weight is 1070 g/mol. The number of benzene rings is 3. The summed E-state index contributed by atoms with van der Waals surface area (Å²) in [6.07, 6.45) is 3.80. The smallest absolute Gasteiger partial charge is 0.407 e. The number of methoxy groups -OCH3 is 3. The van der Waals surface area contributed by atoms with Crippen LogP contribution in [0.1, 0.15) is 127 Å². The van der Waals surface area contributed by atoms with Crippen molar-refractivity contribution in [2.45, 2.75) is 128 Å². The number of anilines is 1. The summed E-state index contributed by atoms with van der Waals surface area (Å²) in [5, 5.41) is 14.7. The molecule has 8 rings (SSSR count). The minimum Gasteiger partial charge on any atom is -0.465 e. The molecule has 0 radical (unpaired) electrons. The predicted molar refractivity (Wildman–Crippen MR) is 296 cm³/mol. The number of carbonyl (C=O) groups excluding carboxylic acids is 3. The van der Waals surface area contributed by atoms with Crippen LogP contribution < -0.4 is 15.5 Å². The summed E-state index contributed by atoms with van der Waals surface area (Å²) in [6, 6.07) is 22.8. The van der Waals surface area contributed by atoms with E-state index in [1.165, 1.54) is 12.7 Å². The molecule has 0 saturated carbocycles. The zero-order chi connectivity index (χ0) is 55.8. The van der Waals surface area contributed by atoms with Gasteiger partial charge >= 0.3 is 12.2 Å². The maximum absolute atomic E-state index is 13.9. The Labute approximate surface area is 458 Å². The van der Waals surface area contributed by atoms with Crippen LogP contribution in [0.15, 0.2) is 85.2 Å². The second kappa shape index (κ2) is 25.3. The van der Waals surface area contributed by atoms with Crippen LogP contribution in [0.5, 0.6) is 0 Å². The molecule has 3 fully saturated rings. The molecule has 19 heteroatoms. The number of alkyl carbamates (subject to hydrolysis) is 1. The first-order chi connectivity index (χ1) is 37.4. The molecule has 0 aliphatic carbocycles. The van der Waals surface area contributed by atoms with E-state index >= 15 is 0 Å². The highest BCUT2D eigenvalue weighted by molar-refractivity contribution is 5.87. The van der Waals surface area contributed by atoms with Gasteiger partial charge in [0.2, 0.25) is 11.8 Å². The highest BCUT2D eigenvalue weighted by atomic mass is 16.6. The highest BCUT2D eigenvalue weighted by Crippen LogP contribution is 2.50. The number of hydrogen-bond acceptors (Lipinski definition) is 12. The molecule has 2 aromatic heterocycles. The number of aromatic amines is 2. The van der Waals surface area contributed by atoms with Crippen molar-refractivity contribution in [1.29, 1.82) is 0 Å². The summed E-state index contributed by atoms with van der Waals surface area (Å²) in [5.41, 5.74) is 7.55. The zero-order valence-corrected chi connectivity index (χ0v) is 46.8. The number of amides is 4. The lowest BCUT2D eigenvalue weighted by molar-refractivity contribution is -0.136. The van der Waals surface area contributed by atoms with Gasteiger partial charge in [-0.2, -0.15) is 0 Å². The van der Waals surface area contributed by atoms with Crippen LogP contribution >= 0.6 is 0 Å². The number of H-pyrrole nitrogens is 2. The highest BCUT2D eigenvalue weighted by Gasteiger charge is 2.52. The molecule has 4 amide bonds. The average Bonchev–Trinajstić information content (AvgIpc) is 4.35. The van der Waals surface area contributed by atoms with E-state index in [4.69, 9.17) is 33.7 Å². The maximum Gasteiger partial charge on any atom is 0.407 e. The van der Waals surface area contributed by atoms with Crippen molar-refractivity contribution in [2.75, 3.05) is 65.7 Å². The van der Waals surface area contributed by atoms with Gasteiger partial charge in [0.15, 0.2) is 0 Å². The van der Waals surface area contributed by atoms with Gasteiger partial charge in [0, 0.05) is 33.0 Å². The van der Waals surface area contributed by atoms with Gasteiger partial charge in [-0.25, -0.2) is 19.6 Å². The van der Waals surface area contributed by atoms with Crippen LogP contribution in [0.4, 0.5) is 15.3 Å². The van der Waals surface area contributed by atoms with E-state index in [2.05, 4.69) is 119 Å². The molecule has 78 heavy (non-hydrogen) atoms. The van der Waals surface area contributed by atoms with Gasteiger partial charge in [-0.05, 0) is 82.9 Å². The topological polar surface area (TPSA) is 226 Å². The van der Waals surface area contributed by atoms with E-state index in [0.717, 1.165) is 58.6 Å². The van der Waals surface area contributed by atoms with Crippen molar-refractivity contribution < 1.29 is 48.0 Å². The number of carbonyl (C=O) groups is 4. The number of carboxylic acid groups (broad SMARTS) is 1. The molecule has 420 valence electrons. The van der Waals surface area contributed by atoms with Crippen LogP contribution in [-0.2, 0) is 38.7 Å². The van der Waals surface area contributed by atoms with Crippen LogP contribution in [0, 0.1) is 11.8 Å². The van der Waals surface area contributed by atoms with Crippen molar-refractivity contribution in [3.8, 4) is 22.5 Å². The number of nitrogens with zero attached hydrogens (tertiary/aromatic N) is 5. The Hall–Kier alpha value is -6.80. The predicted octanol–water partition coefficient (Wildman–Crippen LogP) is 9.13. The summed E-state index contributed by atoms with van der Waals surface area (Å²) >= 11 is 0. The Balaban J connectivity index is 1.13. The van der Waals surface area contributed by atoms with Crippen molar-refractivity contribution in [1.82, 2.24) is 40.4 Å². The van der Waals surface area contributed by atoms with Gasteiger partial charge in [-0.1, -0.05) is 109 Å². The summed E-state index contributed by atoms with van der Waals surface area (Å²) in [6.45, 7) is 16.6. The lowest BCUT2D eigenvalue weighted by Crippen LogP contribution is -2.51. The van der Waals surface area contributed by atoms with Crippen molar-refractivity contribution >= 4 is 29.7 Å². The molecule has 5 aromatic rings. The van der Waals surface area contributed by atoms with E-state index in [1.54, 1.807) is 25.3 Å². The Morgan fingerprint density at radius 1 is 0.641 bits per heavy atom. The first kappa shape index (κ1) is 57.4. The standard InChI is InChI=1S/C59H79N9O10/c1-35(2)47(64-57(71)72)55(69)66-27-11-13-45(66)53-60-33-43(62-53)37-15-19-39(20-16-37)49-51(77-31-29-74-8)52(78-32-30-75-9)50(68(49)42-25-23-41(24-26-42)59(5,6)7)40-21-17-38(18-22-40)44-34-61-54(63-44)46-14-12-28-67(46)56(70)48(36(3)4)65-58(73)76-10/h15-26,33-36,45-52,64H,11-14,27-32H2,1-10H3,(H,60,62)(H,61,63)(H,65,73)(H,71,72)/t45-,46-,47-,48-,49-,50-,51+,52+/m0/s1. The molecule has 3 saturated heterocycles. The van der Waals surface area contributed by atoms with Crippen LogP contribution in [0.25, 0.3) is 22.5 Å². The molecule has 5 N–H and O–H groups in total. The van der Waals surface area contributed by atoms with Gasteiger partial charge in [-0.15, -0.1) is 0 Å². The summed E-state index contributed by atoms with van der Waals surface area (Å²) in [7, 11) is 4.61. The third-order valence-corrected chi connectivity index (χ3v) is 15.4. The third kappa shape index (κ3) is 12.7. The van der Waals surface area contributed by atoms with Crippen LogP contribution in [-0.4, -0.2) is 144 Å². The molecular formula is C59H79N9O10.